The lowest BCUT2D eigenvalue weighted by molar-refractivity contribution is 0.0448. The minimum Gasteiger partial charge on any atom is -0.411 e. The number of aromatic nitrogens is 3. The number of ether oxygens (including phenoxy) is 2. The van der Waals surface area contributed by atoms with Crippen LogP contribution in [0, 0.1) is 0 Å². The van der Waals surface area contributed by atoms with E-state index < -0.39 is 11.7 Å². The van der Waals surface area contributed by atoms with Crippen molar-refractivity contribution in [1.82, 2.24) is 24.8 Å². The number of hydrogen-bond donors (Lipinski definition) is 5. The highest BCUT2D eigenvalue weighted by Crippen LogP contribution is 2.22. The molecule has 1 aliphatic heterocycles. The summed E-state index contributed by atoms with van der Waals surface area (Å²) >= 11 is 1.69. The van der Waals surface area contributed by atoms with Crippen LogP contribution in [0.25, 0.3) is 11.2 Å². The molecule has 0 bridgehead atoms. The van der Waals surface area contributed by atoms with E-state index in [-0.39, 0.29) is 25.3 Å². The van der Waals surface area contributed by atoms with E-state index in [0.717, 1.165) is 18.6 Å². The lowest BCUT2D eigenvalue weighted by atomic mass is 10.1. The number of thioether (sulfide) groups is 1. The van der Waals surface area contributed by atoms with Crippen molar-refractivity contribution < 1.29 is 19.1 Å². The first-order chi connectivity index (χ1) is 16.2. The van der Waals surface area contributed by atoms with Crippen LogP contribution in [-0.4, -0.2) is 81.4 Å². The minimum atomic E-state index is -1.62. The topological polar surface area (TPSA) is 189 Å². The van der Waals surface area contributed by atoms with Crippen LogP contribution in [-0.2, 0) is 16.2 Å². The van der Waals surface area contributed by atoms with Crippen molar-refractivity contribution in [2.75, 3.05) is 43.7 Å². The van der Waals surface area contributed by atoms with Gasteiger partial charge in [0.05, 0.1) is 25.0 Å². The first kappa shape index (κ1) is 26.4. The van der Waals surface area contributed by atoms with Gasteiger partial charge in [-0.2, -0.15) is 11.8 Å². The van der Waals surface area contributed by atoms with Crippen LogP contribution >= 0.6 is 21.0 Å². The van der Waals surface area contributed by atoms with Crippen molar-refractivity contribution in [3.8, 4) is 0 Å². The van der Waals surface area contributed by atoms with Crippen molar-refractivity contribution in [1.29, 1.82) is 0 Å². The molecule has 3 rings (SSSR count). The van der Waals surface area contributed by atoms with Crippen LogP contribution in [0.2, 0.25) is 0 Å². The van der Waals surface area contributed by atoms with Gasteiger partial charge in [0.15, 0.2) is 5.65 Å². The number of carbonyl (C=O) groups excluding carboxylic acids is 2. The Balaban J connectivity index is 1.77. The monoisotopic (exact) mass is 513 g/mol. The normalized spacial score (nSPS) is 16.5. The third-order valence-electron chi connectivity index (χ3n) is 5.03. The molecule has 0 aromatic carbocycles. The first-order valence-corrected chi connectivity index (χ1v) is 12.7. The molecule has 13 nitrogen and oxygen atoms in total. The van der Waals surface area contributed by atoms with E-state index in [2.05, 4.69) is 29.8 Å². The number of carbonyl (C=O) groups is 2. The van der Waals surface area contributed by atoms with Crippen molar-refractivity contribution in [2.45, 2.75) is 31.2 Å². The molecule has 1 saturated heterocycles. The summed E-state index contributed by atoms with van der Waals surface area (Å²) in [5.41, 5.74) is 16.3. The quantitative estimate of drug-likeness (QED) is 0.161. The van der Waals surface area contributed by atoms with Crippen LogP contribution < -0.4 is 27.8 Å². The number of nitrogens with one attached hydrogen (secondary N) is 2. The molecule has 2 unspecified atom stereocenters. The molecule has 1 aliphatic rings. The fraction of sp³-hybridized carbons (Fsp3) is 0.579. The molecule has 8 N–H and O–H groups in total. The largest absolute Gasteiger partial charge is 0.412 e. The summed E-state index contributed by atoms with van der Waals surface area (Å²) in [6.07, 6.45) is 6.24. The number of nitrogens with two attached hydrogens (primary N) is 3. The van der Waals surface area contributed by atoms with Gasteiger partial charge in [-0.05, 0) is 19.1 Å². The molecule has 1 fully saturated rings. The molecule has 2 aromatic rings. The number of hydrogen-bond acceptors (Lipinski definition) is 11. The molecule has 34 heavy (non-hydrogen) atoms. The molecule has 0 saturated carbocycles. The second-order valence-electron chi connectivity index (χ2n) is 7.83. The highest BCUT2D eigenvalue weighted by Gasteiger charge is 2.28. The average molecular weight is 514 g/mol. The van der Waals surface area contributed by atoms with E-state index >= 15 is 0 Å². The lowest BCUT2D eigenvalue weighted by Gasteiger charge is -2.34. The molecular formula is C19H32N9O4PS. The van der Waals surface area contributed by atoms with Gasteiger partial charge in [0.2, 0.25) is 5.59 Å². The van der Waals surface area contributed by atoms with Crippen LogP contribution in [0.5, 0.6) is 0 Å². The van der Waals surface area contributed by atoms with E-state index in [1.165, 1.54) is 4.90 Å². The zero-order valence-corrected chi connectivity index (χ0v) is 21.0. The van der Waals surface area contributed by atoms with E-state index in [1.807, 2.05) is 6.26 Å². The Kier molecular flexibility index (Phi) is 9.28. The number of amides is 2. The van der Waals surface area contributed by atoms with Gasteiger partial charge in [-0.25, -0.2) is 14.8 Å². The molecule has 188 valence electrons. The number of nitrogens with zero attached hydrogens (tertiary/aromatic N) is 4. The summed E-state index contributed by atoms with van der Waals surface area (Å²) < 4.78 is 12.4. The molecule has 0 radical (unpaired) electrons. The number of fused-ring (bicyclic) bond motifs is 1. The maximum atomic E-state index is 12.6. The Morgan fingerprint density at radius 3 is 2.91 bits per heavy atom. The third kappa shape index (κ3) is 7.14. The molecular weight excluding hydrogens is 481 g/mol. The van der Waals surface area contributed by atoms with E-state index in [0.29, 0.717) is 42.2 Å². The van der Waals surface area contributed by atoms with Gasteiger partial charge in [-0.3, -0.25) is 16.3 Å². The molecule has 0 aliphatic carbocycles. The summed E-state index contributed by atoms with van der Waals surface area (Å²) in [6, 6.07) is -0.0965. The summed E-state index contributed by atoms with van der Waals surface area (Å²) in [7, 11) is 2.07. The van der Waals surface area contributed by atoms with Crippen molar-refractivity contribution >= 4 is 50.0 Å². The molecule has 2 aromatic heterocycles. The van der Waals surface area contributed by atoms with E-state index in [4.69, 9.17) is 26.7 Å². The Labute approximate surface area is 204 Å². The highest BCUT2D eigenvalue weighted by molar-refractivity contribution is 7.98. The zero-order valence-electron chi connectivity index (χ0n) is 19.0. The predicted molar refractivity (Wildman–Crippen MR) is 134 cm³/mol. The summed E-state index contributed by atoms with van der Waals surface area (Å²) in [6.45, 7) is 1.73. The van der Waals surface area contributed by atoms with Gasteiger partial charge < -0.3 is 35.3 Å². The molecule has 0 spiro atoms. The smallest absolute Gasteiger partial charge is 0.411 e. The van der Waals surface area contributed by atoms with Crippen LogP contribution in [0.3, 0.4) is 0 Å². The van der Waals surface area contributed by atoms with Crippen LogP contribution in [0.4, 0.5) is 10.6 Å². The molecule has 3 heterocycles. The fourth-order valence-electron chi connectivity index (χ4n) is 3.56. The average Bonchev–Trinajstić information content (AvgIpc) is 3.14. The summed E-state index contributed by atoms with van der Waals surface area (Å²) in [4.78, 5) is 35.5. The van der Waals surface area contributed by atoms with Crippen molar-refractivity contribution in [3.63, 3.8) is 0 Å². The van der Waals surface area contributed by atoms with Gasteiger partial charge in [0.25, 0.3) is 5.91 Å². The van der Waals surface area contributed by atoms with E-state index in [9.17, 15) is 9.59 Å². The van der Waals surface area contributed by atoms with Gasteiger partial charge >= 0.3 is 6.09 Å². The SMILES string of the molecule is CSCCOCn1cc(C(=O)NCN)c2nc(NC3CCCN(C(=O)OC(N)(N)P)C3)cnc21. The van der Waals surface area contributed by atoms with Crippen molar-refractivity contribution in [2.24, 2.45) is 17.2 Å². The summed E-state index contributed by atoms with van der Waals surface area (Å²) in [5, 5.41) is 5.89. The van der Waals surface area contributed by atoms with Crippen LogP contribution in [0.15, 0.2) is 12.4 Å². The predicted octanol–water partition coefficient (Wildman–Crippen LogP) is -0.169. The van der Waals surface area contributed by atoms with Crippen molar-refractivity contribution in [3.05, 3.63) is 18.0 Å². The molecule has 2 atom stereocenters. The highest BCUT2D eigenvalue weighted by atomic mass is 32.2. The first-order valence-electron chi connectivity index (χ1n) is 10.7. The summed E-state index contributed by atoms with van der Waals surface area (Å²) in [5.74, 6) is 0.992. The maximum Gasteiger partial charge on any atom is 0.412 e. The minimum absolute atomic E-state index is 0.00173. The third-order valence-corrected chi connectivity index (χ3v) is 5.72. The van der Waals surface area contributed by atoms with Gasteiger partial charge in [-0.15, -0.1) is 0 Å². The Hall–Kier alpha value is -2.22. The standard InChI is InChI=1S/C19H32N9O4PS/c1-34-6-5-31-11-28-9-13(17(29)24-10-20)15-16(28)23-7-14(26-15)25-12-3-2-4-27(8-12)18(30)32-19(21,22)33/h7,9,12H,2-6,8,10-11,20-22,33H2,1H3,(H,24,29)(H,25,26). The maximum absolute atomic E-state index is 12.6. The number of rotatable bonds is 10. The van der Waals surface area contributed by atoms with Gasteiger partial charge in [0, 0.05) is 31.1 Å². The van der Waals surface area contributed by atoms with Gasteiger partial charge in [0.1, 0.15) is 18.1 Å². The van der Waals surface area contributed by atoms with E-state index in [1.54, 1.807) is 28.7 Å². The Bertz CT molecular complexity index is 1000. The fourth-order valence-corrected chi connectivity index (χ4v) is 3.95. The Morgan fingerprint density at radius 2 is 2.21 bits per heavy atom. The molecule has 15 heteroatoms. The number of anilines is 1. The Morgan fingerprint density at radius 1 is 1.41 bits per heavy atom. The number of piperidine rings is 1. The number of likely N-dealkylation sites (tertiary alicyclic amines) is 1. The zero-order chi connectivity index (χ0) is 24.7. The lowest BCUT2D eigenvalue weighted by Crippen LogP contribution is -2.52. The second kappa shape index (κ2) is 12.0. The van der Waals surface area contributed by atoms with Crippen LogP contribution in [0.1, 0.15) is 23.2 Å². The van der Waals surface area contributed by atoms with Gasteiger partial charge in [-0.1, -0.05) is 9.24 Å². The second-order valence-corrected chi connectivity index (χ2v) is 9.72. The molecule has 2 amide bonds.